The van der Waals surface area contributed by atoms with Crippen molar-refractivity contribution in [3.05, 3.63) is 28.8 Å². The molecule has 1 atom stereocenters. The van der Waals surface area contributed by atoms with Gasteiger partial charge in [0.1, 0.15) is 0 Å². The van der Waals surface area contributed by atoms with Crippen LogP contribution in [0.3, 0.4) is 0 Å². The van der Waals surface area contributed by atoms with E-state index in [1.54, 1.807) is 0 Å². The first-order valence-corrected chi connectivity index (χ1v) is 9.82. The number of halogens is 4. The van der Waals surface area contributed by atoms with Crippen molar-refractivity contribution in [2.75, 3.05) is 39.3 Å². The van der Waals surface area contributed by atoms with E-state index in [2.05, 4.69) is 10.2 Å². The molecule has 2 saturated heterocycles. The monoisotopic (exact) mass is 397 g/mol. The van der Waals surface area contributed by atoms with E-state index in [1.807, 2.05) is 0 Å². The maximum Gasteiger partial charge on any atom is 0.416 e. The number of nitrogens with one attached hydrogen (secondary N) is 1. The van der Waals surface area contributed by atoms with Crippen LogP contribution in [0.5, 0.6) is 0 Å². The molecule has 0 aliphatic carbocycles. The Labute approximate surface area is 149 Å². The van der Waals surface area contributed by atoms with Crippen molar-refractivity contribution < 1.29 is 21.6 Å². The maximum absolute atomic E-state index is 12.9. The van der Waals surface area contributed by atoms with Crippen LogP contribution in [0.15, 0.2) is 23.1 Å². The lowest BCUT2D eigenvalue weighted by Gasteiger charge is -2.32. The molecule has 0 bridgehead atoms. The van der Waals surface area contributed by atoms with Gasteiger partial charge in [0.25, 0.3) is 0 Å². The summed E-state index contributed by atoms with van der Waals surface area (Å²) in [5, 5.41) is 2.99. The number of piperazine rings is 1. The van der Waals surface area contributed by atoms with Gasteiger partial charge < -0.3 is 5.32 Å². The van der Waals surface area contributed by atoms with Crippen molar-refractivity contribution in [2.24, 2.45) is 0 Å². The highest BCUT2D eigenvalue weighted by Gasteiger charge is 2.37. The van der Waals surface area contributed by atoms with Crippen LogP contribution in [0.4, 0.5) is 13.2 Å². The number of alkyl halides is 3. The summed E-state index contributed by atoms with van der Waals surface area (Å²) in [4.78, 5) is 1.82. The Morgan fingerprint density at radius 2 is 1.80 bits per heavy atom. The van der Waals surface area contributed by atoms with Gasteiger partial charge in [-0.15, -0.1) is 0 Å². The lowest BCUT2D eigenvalue weighted by molar-refractivity contribution is -0.137. The minimum atomic E-state index is -4.65. The SMILES string of the molecule is O=S(=O)(c1cc(Cl)cc(C(F)(F)F)c1)N1CCC(N2CCNCC2)C1. The van der Waals surface area contributed by atoms with Crippen molar-refractivity contribution in [1.29, 1.82) is 0 Å². The Balaban J connectivity index is 1.81. The number of hydrogen-bond acceptors (Lipinski definition) is 4. The smallest absolute Gasteiger partial charge is 0.314 e. The predicted octanol–water partition coefficient (Wildman–Crippen LogP) is 2.03. The van der Waals surface area contributed by atoms with Gasteiger partial charge in [-0.3, -0.25) is 4.90 Å². The molecule has 0 amide bonds. The van der Waals surface area contributed by atoms with Crippen LogP contribution in [-0.4, -0.2) is 62.9 Å². The molecule has 10 heteroatoms. The highest BCUT2D eigenvalue weighted by Crippen LogP contribution is 2.34. The summed E-state index contributed by atoms with van der Waals surface area (Å²) in [6.07, 6.45) is -3.98. The number of sulfonamides is 1. The van der Waals surface area contributed by atoms with Gasteiger partial charge in [-0.25, -0.2) is 8.42 Å². The van der Waals surface area contributed by atoms with Gasteiger partial charge in [-0.05, 0) is 24.6 Å². The standard InChI is InChI=1S/C15H19ClF3N3O2S/c16-12-7-11(15(17,18)19)8-14(9-12)25(23,24)22-4-1-13(10-22)21-5-2-20-3-6-21/h7-9,13,20H,1-6,10H2. The Morgan fingerprint density at radius 3 is 2.44 bits per heavy atom. The highest BCUT2D eigenvalue weighted by atomic mass is 35.5. The van der Waals surface area contributed by atoms with E-state index < -0.39 is 26.7 Å². The summed E-state index contributed by atoms with van der Waals surface area (Å²) in [7, 11) is -4.01. The lowest BCUT2D eigenvalue weighted by atomic mass is 10.2. The topological polar surface area (TPSA) is 52.7 Å². The Kier molecular flexibility index (Phi) is 5.32. The summed E-state index contributed by atoms with van der Waals surface area (Å²) >= 11 is 5.72. The summed E-state index contributed by atoms with van der Waals surface area (Å²) < 4.78 is 65.6. The third-order valence-electron chi connectivity index (χ3n) is 4.63. The first-order chi connectivity index (χ1) is 11.7. The van der Waals surface area contributed by atoms with E-state index in [1.165, 1.54) is 4.31 Å². The van der Waals surface area contributed by atoms with Gasteiger partial charge in [0.2, 0.25) is 10.0 Å². The maximum atomic E-state index is 12.9. The molecule has 1 aromatic rings. The molecule has 0 saturated carbocycles. The average molecular weight is 398 g/mol. The van der Waals surface area contributed by atoms with E-state index in [0.717, 1.165) is 38.3 Å². The number of nitrogens with zero attached hydrogens (tertiary/aromatic N) is 2. The molecule has 2 heterocycles. The fourth-order valence-electron chi connectivity index (χ4n) is 3.30. The lowest BCUT2D eigenvalue weighted by Crippen LogP contribution is -2.49. The molecule has 2 aliphatic heterocycles. The molecule has 25 heavy (non-hydrogen) atoms. The highest BCUT2D eigenvalue weighted by molar-refractivity contribution is 7.89. The van der Waals surface area contributed by atoms with Gasteiger partial charge >= 0.3 is 6.18 Å². The number of benzene rings is 1. The van der Waals surface area contributed by atoms with Crippen molar-refractivity contribution in [3.63, 3.8) is 0 Å². The van der Waals surface area contributed by atoms with Crippen LogP contribution in [-0.2, 0) is 16.2 Å². The second kappa shape index (κ2) is 7.03. The quantitative estimate of drug-likeness (QED) is 0.848. The van der Waals surface area contributed by atoms with E-state index in [0.29, 0.717) is 19.0 Å². The summed E-state index contributed by atoms with van der Waals surface area (Å²) in [6.45, 7) is 3.97. The normalized spacial score (nSPS) is 23.9. The molecular weight excluding hydrogens is 379 g/mol. The van der Waals surface area contributed by atoms with Gasteiger partial charge in [0, 0.05) is 50.3 Å². The third kappa shape index (κ3) is 4.11. The van der Waals surface area contributed by atoms with Crippen LogP contribution >= 0.6 is 11.6 Å². The zero-order chi connectivity index (χ0) is 18.2. The Hall–Kier alpha value is -0.870. The van der Waals surface area contributed by atoms with Crippen LogP contribution in [0.1, 0.15) is 12.0 Å². The fraction of sp³-hybridized carbons (Fsp3) is 0.600. The van der Waals surface area contributed by atoms with Crippen molar-refractivity contribution >= 4 is 21.6 Å². The fourth-order valence-corrected chi connectivity index (χ4v) is 5.16. The van der Waals surface area contributed by atoms with Crippen LogP contribution in [0.25, 0.3) is 0 Å². The number of rotatable bonds is 3. The number of hydrogen-bond donors (Lipinski definition) is 1. The second-order valence-electron chi connectivity index (χ2n) is 6.26. The molecule has 0 radical (unpaired) electrons. The van der Waals surface area contributed by atoms with E-state index in [4.69, 9.17) is 11.6 Å². The summed E-state index contributed by atoms with van der Waals surface area (Å²) in [6, 6.07) is 2.55. The van der Waals surface area contributed by atoms with Crippen LogP contribution in [0.2, 0.25) is 5.02 Å². The van der Waals surface area contributed by atoms with Crippen molar-refractivity contribution in [2.45, 2.75) is 23.5 Å². The minimum absolute atomic E-state index is 0.0955. The van der Waals surface area contributed by atoms with Crippen molar-refractivity contribution in [1.82, 2.24) is 14.5 Å². The largest absolute Gasteiger partial charge is 0.416 e. The first kappa shape index (κ1) is 18.9. The minimum Gasteiger partial charge on any atom is -0.314 e. The molecule has 1 N–H and O–H groups in total. The molecular formula is C15H19ClF3N3O2S. The third-order valence-corrected chi connectivity index (χ3v) is 6.69. The summed E-state index contributed by atoms with van der Waals surface area (Å²) in [5.74, 6) is 0. The zero-order valence-electron chi connectivity index (χ0n) is 13.4. The first-order valence-electron chi connectivity index (χ1n) is 8.00. The molecule has 0 aromatic heterocycles. The Morgan fingerprint density at radius 1 is 1.12 bits per heavy atom. The molecule has 2 fully saturated rings. The molecule has 5 nitrogen and oxygen atoms in total. The average Bonchev–Trinajstić information content (AvgIpc) is 3.05. The molecule has 1 unspecified atom stereocenters. The van der Waals surface area contributed by atoms with Gasteiger partial charge in [0.15, 0.2) is 0 Å². The van der Waals surface area contributed by atoms with Gasteiger partial charge in [-0.2, -0.15) is 17.5 Å². The van der Waals surface area contributed by atoms with Crippen LogP contribution in [0, 0.1) is 0 Å². The Bertz CT molecular complexity index is 736. The van der Waals surface area contributed by atoms with Crippen LogP contribution < -0.4 is 5.32 Å². The second-order valence-corrected chi connectivity index (χ2v) is 8.64. The molecule has 2 aliphatic rings. The summed E-state index contributed by atoms with van der Waals surface area (Å²) in [5.41, 5.74) is -1.06. The van der Waals surface area contributed by atoms with E-state index in [-0.39, 0.29) is 17.6 Å². The molecule has 1 aromatic carbocycles. The van der Waals surface area contributed by atoms with Crippen molar-refractivity contribution in [3.8, 4) is 0 Å². The predicted molar refractivity (Wildman–Crippen MR) is 88.1 cm³/mol. The molecule has 0 spiro atoms. The van der Waals surface area contributed by atoms with E-state index in [9.17, 15) is 21.6 Å². The van der Waals surface area contributed by atoms with Gasteiger partial charge in [-0.1, -0.05) is 11.6 Å². The van der Waals surface area contributed by atoms with E-state index >= 15 is 0 Å². The zero-order valence-corrected chi connectivity index (χ0v) is 15.0. The molecule has 140 valence electrons. The molecule has 3 rings (SSSR count). The van der Waals surface area contributed by atoms with Gasteiger partial charge in [0.05, 0.1) is 10.5 Å².